The fraction of sp³-hybridized carbons (Fsp3) is 0.556. The highest BCUT2D eigenvalue weighted by atomic mass is 35.5. The van der Waals surface area contributed by atoms with Gasteiger partial charge in [0.2, 0.25) is 5.91 Å². The van der Waals surface area contributed by atoms with Gasteiger partial charge in [-0.1, -0.05) is 18.5 Å². The molecule has 0 spiro atoms. The number of anilines is 1. The Bertz CT molecular complexity index is 977. The van der Waals surface area contributed by atoms with Crippen LogP contribution in [0.25, 0.3) is 0 Å². The van der Waals surface area contributed by atoms with Crippen molar-refractivity contribution < 1.29 is 13.2 Å². The Morgan fingerprint density at radius 2 is 2.00 bits per heavy atom. The van der Waals surface area contributed by atoms with Crippen LogP contribution in [0.15, 0.2) is 16.3 Å². The van der Waals surface area contributed by atoms with E-state index in [0.717, 1.165) is 36.3 Å². The number of hydrogen-bond acceptors (Lipinski definition) is 6. The maximum Gasteiger partial charge on any atom is 0.252 e. The molecule has 4 rings (SSSR count). The summed E-state index contributed by atoms with van der Waals surface area (Å²) < 4.78 is 27.5. The van der Waals surface area contributed by atoms with E-state index in [4.69, 9.17) is 11.6 Å². The topological polar surface area (TPSA) is 79.4 Å². The molecule has 2 aliphatic rings. The summed E-state index contributed by atoms with van der Waals surface area (Å²) >= 11 is 8.51. The number of carbonyl (C=O) groups is 1. The highest BCUT2D eigenvalue weighted by molar-refractivity contribution is 7.91. The predicted octanol–water partition coefficient (Wildman–Crippen LogP) is 4.02. The number of aryl methyl sites for hydroxylation is 1. The van der Waals surface area contributed by atoms with E-state index >= 15 is 0 Å². The number of halogens is 1. The lowest BCUT2D eigenvalue weighted by Crippen LogP contribution is -2.41. The van der Waals surface area contributed by atoms with Crippen LogP contribution in [0.1, 0.15) is 36.8 Å². The van der Waals surface area contributed by atoms with Crippen molar-refractivity contribution in [1.29, 1.82) is 0 Å². The van der Waals surface area contributed by atoms with E-state index in [1.807, 2.05) is 0 Å². The molecule has 1 fully saturated rings. The summed E-state index contributed by atoms with van der Waals surface area (Å²) in [5.74, 6) is 0.412. The molecule has 1 saturated heterocycles. The normalized spacial score (nSPS) is 21.4. The van der Waals surface area contributed by atoms with E-state index in [-0.39, 0.29) is 16.0 Å². The molecule has 6 nitrogen and oxygen atoms in total. The largest absolute Gasteiger partial charge is 0.302 e. The maximum absolute atomic E-state index is 12.7. The van der Waals surface area contributed by atoms with E-state index in [1.54, 1.807) is 17.4 Å². The summed E-state index contributed by atoms with van der Waals surface area (Å²) in [5, 5.41) is 3.63. The number of sulfonamides is 1. The first-order chi connectivity index (χ1) is 13.3. The molecule has 0 aromatic carbocycles. The fourth-order valence-electron chi connectivity index (χ4n) is 3.72. The van der Waals surface area contributed by atoms with Gasteiger partial charge < -0.3 is 5.32 Å². The van der Waals surface area contributed by atoms with Crippen LogP contribution in [0.3, 0.4) is 0 Å². The van der Waals surface area contributed by atoms with Crippen LogP contribution in [0.2, 0.25) is 4.34 Å². The number of nitrogens with one attached hydrogen (secondary N) is 1. The third-order valence-corrected chi connectivity index (χ3v) is 10.0. The van der Waals surface area contributed by atoms with Gasteiger partial charge in [0, 0.05) is 23.9 Å². The molecule has 1 amide bonds. The molecular weight excluding hydrogens is 438 g/mol. The number of piperidine rings is 1. The number of thiophene rings is 1. The quantitative estimate of drug-likeness (QED) is 0.748. The van der Waals surface area contributed by atoms with Crippen LogP contribution >= 0.6 is 34.3 Å². The Labute approximate surface area is 178 Å². The molecule has 2 aromatic heterocycles. The number of amides is 1. The molecule has 152 valence electrons. The number of thiazole rings is 1. The van der Waals surface area contributed by atoms with Crippen molar-refractivity contribution >= 4 is 55.3 Å². The third-order valence-electron chi connectivity index (χ3n) is 5.38. The molecule has 0 radical (unpaired) electrons. The van der Waals surface area contributed by atoms with Crippen LogP contribution in [-0.4, -0.2) is 36.7 Å². The summed E-state index contributed by atoms with van der Waals surface area (Å²) in [6, 6.07) is 3.12. The summed E-state index contributed by atoms with van der Waals surface area (Å²) in [6.07, 6.45) is 4.17. The first kappa shape index (κ1) is 20.3. The zero-order valence-corrected chi connectivity index (χ0v) is 18.7. The third kappa shape index (κ3) is 4.14. The van der Waals surface area contributed by atoms with Gasteiger partial charge in [-0.3, -0.25) is 4.79 Å². The second kappa shape index (κ2) is 8.02. The predicted molar refractivity (Wildman–Crippen MR) is 113 cm³/mol. The Balaban J connectivity index is 1.35. The molecule has 10 heteroatoms. The van der Waals surface area contributed by atoms with Crippen LogP contribution < -0.4 is 5.32 Å². The lowest BCUT2D eigenvalue weighted by molar-refractivity contribution is -0.120. The molecule has 1 atom stereocenters. The summed E-state index contributed by atoms with van der Waals surface area (Å²) in [5.41, 5.74) is 1.12. The number of carbonyl (C=O) groups excluding carboxylic acids is 1. The summed E-state index contributed by atoms with van der Waals surface area (Å²) in [4.78, 5) is 18.5. The monoisotopic (exact) mass is 459 g/mol. The second-order valence-corrected chi connectivity index (χ2v) is 12.4. The first-order valence-electron chi connectivity index (χ1n) is 9.38. The molecule has 0 unspecified atom stereocenters. The zero-order valence-electron chi connectivity index (χ0n) is 15.5. The Morgan fingerprint density at radius 3 is 2.68 bits per heavy atom. The molecule has 0 saturated carbocycles. The average molecular weight is 460 g/mol. The standard InChI is InChI=1S/C18H22ClN3O3S3/c1-11-2-3-13-14(10-11)26-18(20-13)21-17(23)12-6-8-22(9-7-12)28(24,25)16-5-4-15(19)27-16/h4-5,11-12H,2-3,6-10H2,1H3,(H,20,21,23)/t11-/m0/s1. The van der Waals surface area contributed by atoms with Crippen LogP contribution in [-0.2, 0) is 27.7 Å². The zero-order chi connectivity index (χ0) is 19.9. The number of hydrogen-bond donors (Lipinski definition) is 1. The Kier molecular flexibility index (Phi) is 5.81. The number of nitrogens with zero attached hydrogens (tertiary/aromatic N) is 2. The van der Waals surface area contributed by atoms with Crippen LogP contribution in [0, 0.1) is 11.8 Å². The molecule has 1 N–H and O–H groups in total. The van der Waals surface area contributed by atoms with Crippen molar-refractivity contribution in [2.24, 2.45) is 11.8 Å². The van der Waals surface area contributed by atoms with Gasteiger partial charge in [-0.25, -0.2) is 13.4 Å². The number of rotatable bonds is 4. The molecule has 1 aliphatic heterocycles. The van der Waals surface area contributed by atoms with Crippen molar-refractivity contribution in [3.05, 3.63) is 27.0 Å². The van der Waals surface area contributed by atoms with Gasteiger partial charge in [0.25, 0.3) is 10.0 Å². The van der Waals surface area contributed by atoms with Gasteiger partial charge in [0.05, 0.1) is 10.0 Å². The lowest BCUT2D eigenvalue weighted by Gasteiger charge is -2.29. The van der Waals surface area contributed by atoms with Crippen molar-refractivity contribution in [3.8, 4) is 0 Å². The minimum Gasteiger partial charge on any atom is -0.302 e. The smallest absolute Gasteiger partial charge is 0.252 e. The van der Waals surface area contributed by atoms with Crippen molar-refractivity contribution in [2.75, 3.05) is 18.4 Å². The van der Waals surface area contributed by atoms with Gasteiger partial charge >= 0.3 is 0 Å². The minimum atomic E-state index is -3.53. The van der Waals surface area contributed by atoms with Gasteiger partial charge in [0.1, 0.15) is 4.21 Å². The SMILES string of the molecule is C[C@H]1CCc2nc(NC(=O)C3CCN(S(=O)(=O)c4ccc(Cl)s4)CC3)sc2C1. The Hall–Kier alpha value is -1.000. The van der Waals surface area contributed by atoms with Gasteiger partial charge in [-0.05, 0) is 50.2 Å². The van der Waals surface area contributed by atoms with Gasteiger partial charge in [-0.15, -0.1) is 22.7 Å². The van der Waals surface area contributed by atoms with Crippen molar-refractivity contribution in [1.82, 2.24) is 9.29 Å². The lowest BCUT2D eigenvalue weighted by atomic mass is 9.93. The second-order valence-electron chi connectivity index (χ2n) is 7.46. The fourth-order valence-corrected chi connectivity index (χ4v) is 8.00. The van der Waals surface area contributed by atoms with E-state index in [0.29, 0.717) is 41.3 Å². The van der Waals surface area contributed by atoms with Gasteiger partial charge in [-0.2, -0.15) is 4.31 Å². The molecule has 28 heavy (non-hydrogen) atoms. The molecule has 0 bridgehead atoms. The number of aromatic nitrogens is 1. The molecule has 1 aliphatic carbocycles. The minimum absolute atomic E-state index is 0.0599. The highest BCUT2D eigenvalue weighted by Crippen LogP contribution is 2.33. The van der Waals surface area contributed by atoms with E-state index in [9.17, 15) is 13.2 Å². The van der Waals surface area contributed by atoms with E-state index in [2.05, 4.69) is 17.2 Å². The molecule has 2 aromatic rings. The molecule has 3 heterocycles. The van der Waals surface area contributed by atoms with Crippen LogP contribution in [0.4, 0.5) is 5.13 Å². The maximum atomic E-state index is 12.7. The highest BCUT2D eigenvalue weighted by Gasteiger charge is 2.33. The first-order valence-corrected chi connectivity index (χ1v) is 12.8. The van der Waals surface area contributed by atoms with Crippen molar-refractivity contribution in [2.45, 2.75) is 43.2 Å². The van der Waals surface area contributed by atoms with E-state index < -0.39 is 10.0 Å². The Morgan fingerprint density at radius 1 is 1.25 bits per heavy atom. The van der Waals surface area contributed by atoms with E-state index in [1.165, 1.54) is 15.2 Å². The van der Waals surface area contributed by atoms with Crippen molar-refractivity contribution in [3.63, 3.8) is 0 Å². The number of fused-ring (bicyclic) bond motifs is 1. The van der Waals surface area contributed by atoms with Crippen LogP contribution in [0.5, 0.6) is 0 Å². The average Bonchev–Trinajstić information content (AvgIpc) is 3.27. The van der Waals surface area contributed by atoms with Gasteiger partial charge in [0.15, 0.2) is 5.13 Å². The summed E-state index contributed by atoms with van der Waals surface area (Å²) in [7, 11) is -3.53. The summed E-state index contributed by atoms with van der Waals surface area (Å²) in [6.45, 7) is 2.91. The molecular formula is C18H22ClN3O3S3.